The maximum absolute atomic E-state index is 11.3. The highest BCUT2D eigenvalue weighted by molar-refractivity contribution is 5.87. The molecule has 0 bridgehead atoms. The van der Waals surface area contributed by atoms with Gasteiger partial charge in [-0.15, -0.1) is 0 Å². The molecule has 0 aromatic rings. The molecule has 2 heteroatoms. The third-order valence-corrected chi connectivity index (χ3v) is 2.43. The summed E-state index contributed by atoms with van der Waals surface area (Å²) >= 11 is 0. The van der Waals surface area contributed by atoms with Crippen LogP contribution in [0.15, 0.2) is 0 Å². The van der Waals surface area contributed by atoms with Crippen molar-refractivity contribution in [1.29, 1.82) is 0 Å². The van der Waals surface area contributed by atoms with Crippen LogP contribution in [0.25, 0.3) is 0 Å². The summed E-state index contributed by atoms with van der Waals surface area (Å²) in [5.74, 6) is 0.0532. The molecule has 0 aromatic heterocycles. The molecule has 0 heterocycles. The van der Waals surface area contributed by atoms with Gasteiger partial charge in [0, 0.05) is 6.42 Å². The van der Waals surface area contributed by atoms with Gasteiger partial charge in [-0.3, -0.25) is 4.79 Å². The first-order valence-corrected chi connectivity index (χ1v) is 4.45. The van der Waals surface area contributed by atoms with Crippen LogP contribution in [-0.2, 0) is 4.79 Å². The SMILES string of the molecule is CCCC(=O)C1(O)CCCC1. The van der Waals surface area contributed by atoms with Gasteiger partial charge in [-0.25, -0.2) is 0 Å². The lowest BCUT2D eigenvalue weighted by molar-refractivity contribution is -0.136. The van der Waals surface area contributed by atoms with Crippen molar-refractivity contribution in [2.24, 2.45) is 0 Å². The van der Waals surface area contributed by atoms with Crippen molar-refractivity contribution >= 4 is 5.78 Å². The number of rotatable bonds is 3. The van der Waals surface area contributed by atoms with E-state index in [1.54, 1.807) is 0 Å². The van der Waals surface area contributed by atoms with Crippen molar-refractivity contribution < 1.29 is 9.90 Å². The molecular formula is C9H16O2. The van der Waals surface area contributed by atoms with E-state index in [-0.39, 0.29) is 5.78 Å². The lowest BCUT2D eigenvalue weighted by Crippen LogP contribution is -2.34. The fourth-order valence-electron chi connectivity index (χ4n) is 1.70. The molecule has 1 rings (SSSR count). The highest BCUT2D eigenvalue weighted by atomic mass is 16.3. The second kappa shape index (κ2) is 3.35. The number of hydrogen-bond acceptors (Lipinski definition) is 2. The lowest BCUT2D eigenvalue weighted by atomic mass is 9.94. The van der Waals surface area contributed by atoms with E-state index in [1.807, 2.05) is 6.92 Å². The normalized spacial score (nSPS) is 22.0. The summed E-state index contributed by atoms with van der Waals surface area (Å²) in [5, 5.41) is 9.74. The van der Waals surface area contributed by atoms with Gasteiger partial charge in [-0.2, -0.15) is 0 Å². The highest BCUT2D eigenvalue weighted by Gasteiger charge is 2.37. The van der Waals surface area contributed by atoms with Gasteiger partial charge in [-0.1, -0.05) is 6.92 Å². The van der Waals surface area contributed by atoms with Crippen LogP contribution in [-0.4, -0.2) is 16.5 Å². The van der Waals surface area contributed by atoms with Crippen molar-refractivity contribution in [1.82, 2.24) is 0 Å². The number of carbonyl (C=O) groups is 1. The van der Waals surface area contributed by atoms with E-state index in [2.05, 4.69) is 0 Å². The Morgan fingerprint density at radius 3 is 2.45 bits per heavy atom. The molecule has 1 saturated carbocycles. The molecule has 0 radical (unpaired) electrons. The van der Waals surface area contributed by atoms with Gasteiger partial charge >= 0.3 is 0 Å². The zero-order valence-electron chi connectivity index (χ0n) is 7.10. The van der Waals surface area contributed by atoms with Crippen LogP contribution in [0.3, 0.4) is 0 Å². The summed E-state index contributed by atoms with van der Waals surface area (Å²) in [4.78, 5) is 11.3. The van der Waals surface area contributed by atoms with Crippen LogP contribution in [0.1, 0.15) is 45.4 Å². The average molecular weight is 156 g/mol. The van der Waals surface area contributed by atoms with Gasteiger partial charge in [0.25, 0.3) is 0 Å². The second-order valence-corrected chi connectivity index (χ2v) is 3.41. The fourth-order valence-corrected chi connectivity index (χ4v) is 1.70. The number of carbonyl (C=O) groups excluding carboxylic acids is 1. The third-order valence-electron chi connectivity index (χ3n) is 2.43. The molecule has 1 aliphatic rings. The van der Waals surface area contributed by atoms with Crippen LogP contribution in [0.4, 0.5) is 0 Å². The summed E-state index contributed by atoms with van der Waals surface area (Å²) in [7, 11) is 0. The maximum atomic E-state index is 11.3. The molecule has 2 nitrogen and oxygen atoms in total. The number of aliphatic hydroxyl groups is 1. The number of ketones is 1. The summed E-state index contributed by atoms with van der Waals surface area (Å²) in [6.07, 6.45) is 4.77. The van der Waals surface area contributed by atoms with Gasteiger partial charge in [0.1, 0.15) is 5.60 Å². The zero-order valence-corrected chi connectivity index (χ0v) is 7.10. The molecule has 0 amide bonds. The quantitative estimate of drug-likeness (QED) is 0.674. The Morgan fingerprint density at radius 1 is 1.45 bits per heavy atom. The minimum Gasteiger partial charge on any atom is -0.382 e. The van der Waals surface area contributed by atoms with Crippen molar-refractivity contribution in [2.45, 2.75) is 51.0 Å². The predicted octanol–water partition coefficient (Wildman–Crippen LogP) is 1.66. The highest BCUT2D eigenvalue weighted by Crippen LogP contribution is 2.31. The van der Waals surface area contributed by atoms with E-state index < -0.39 is 5.60 Å². The molecule has 0 aromatic carbocycles. The molecular weight excluding hydrogens is 140 g/mol. The lowest BCUT2D eigenvalue weighted by Gasteiger charge is -2.19. The average Bonchev–Trinajstić information content (AvgIpc) is 2.38. The monoisotopic (exact) mass is 156 g/mol. The Bertz CT molecular complexity index is 146. The van der Waals surface area contributed by atoms with Crippen molar-refractivity contribution in [3.8, 4) is 0 Å². The Balaban J connectivity index is 2.49. The number of hydrogen-bond donors (Lipinski definition) is 1. The topological polar surface area (TPSA) is 37.3 Å². The van der Waals surface area contributed by atoms with E-state index in [9.17, 15) is 9.90 Å². The Labute approximate surface area is 67.6 Å². The van der Waals surface area contributed by atoms with E-state index >= 15 is 0 Å². The molecule has 1 N–H and O–H groups in total. The van der Waals surface area contributed by atoms with Crippen LogP contribution in [0.2, 0.25) is 0 Å². The molecule has 0 unspecified atom stereocenters. The summed E-state index contributed by atoms with van der Waals surface area (Å²) < 4.78 is 0. The standard InChI is InChI=1S/C9H16O2/c1-2-5-8(10)9(11)6-3-4-7-9/h11H,2-7H2,1H3. The van der Waals surface area contributed by atoms with Gasteiger partial charge in [0.05, 0.1) is 0 Å². The van der Waals surface area contributed by atoms with E-state index in [0.717, 1.165) is 19.3 Å². The maximum Gasteiger partial charge on any atom is 0.164 e. The Hall–Kier alpha value is -0.370. The Morgan fingerprint density at radius 2 is 2.00 bits per heavy atom. The second-order valence-electron chi connectivity index (χ2n) is 3.41. The van der Waals surface area contributed by atoms with Crippen molar-refractivity contribution in [2.75, 3.05) is 0 Å². The van der Waals surface area contributed by atoms with Gasteiger partial charge in [0.15, 0.2) is 5.78 Å². The van der Waals surface area contributed by atoms with Gasteiger partial charge in [-0.05, 0) is 32.1 Å². The van der Waals surface area contributed by atoms with Crippen LogP contribution < -0.4 is 0 Å². The molecule has 0 aliphatic heterocycles. The fraction of sp³-hybridized carbons (Fsp3) is 0.889. The summed E-state index contributed by atoms with van der Waals surface area (Å²) in [6.45, 7) is 1.97. The molecule has 1 fully saturated rings. The smallest absolute Gasteiger partial charge is 0.164 e. The predicted molar refractivity (Wildman–Crippen MR) is 43.3 cm³/mol. The van der Waals surface area contributed by atoms with Crippen molar-refractivity contribution in [3.05, 3.63) is 0 Å². The molecule has 0 atom stereocenters. The van der Waals surface area contributed by atoms with E-state index in [0.29, 0.717) is 19.3 Å². The first-order chi connectivity index (χ1) is 5.19. The van der Waals surface area contributed by atoms with Crippen LogP contribution >= 0.6 is 0 Å². The first-order valence-electron chi connectivity index (χ1n) is 4.45. The van der Waals surface area contributed by atoms with Crippen molar-refractivity contribution in [3.63, 3.8) is 0 Å². The molecule has 64 valence electrons. The van der Waals surface area contributed by atoms with Gasteiger partial charge < -0.3 is 5.11 Å². The minimum atomic E-state index is -0.935. The molecule has 11 heavy (non-hydrogen) atoms. The molecule has 0 spiro atoms. The summed E-state index contributed by atoms with van der Waals surface area (Å²) in [6, 6.07) is 0. The van der Waals surface area contributed by atoms with Crippen LogP contribution in [0, 0.1) is 0 Å². The first kappa shape index (κ1) is 8.72. The summed E-state index contributed by atoms with van der Waals surface area (Å²) in [5.41, 5.74) is -0.935. The zero-order chi connectivity index (χ0) is 8.32. The van der Waals surface area contributed by atoms with E-state index in [4.69, 9.17) is 0 Å². The third kappa shape index (κ3) is 1.80. The minimum absolute atomic E-state index is 0.0532. The van der Waals surface area contributed by atoms with E-state index in [1.165, 1.54) is 0 Å². The van der Waals surface area contributed by atoms with Crippen LogP contribution in [0.5, 0.6) is 0 Å². The largest absolute Gasteiger partial charge is 0.382 e. The molecule has 1 aliphatic carbocycles. The molecule has 0 saturated heterocycles. The van der Waals surface area contributed by atoms with Gasteiger partial charge in [0.2, 0.25) is 0 Å². The number of Topliss-reactive ketones (excluding diaryl/α,β-unsaturated/α-hetero) is 1. The Kier molecular flexibility index (Phi) is 2.66.